The summed E-state index contributed by atoms with van der Waals surface area (Å²) >= 11 is 0. The van der Waals surface area contributed by atoms with Crippen LogP contribution in [0.1, 0.15) is 30.6 Å². The number of primary amides is 1. The van der Waals surface area contributed by atoms with Crippen molar-refractivity contribution < 1.29 is 14.3 Å². The first-order valence-corrected chi connectivity index (χ1v) is 5.79. The number of amides is 2. The third kappa shape index (κ3) is 4.17. The summed E-state index contributed by atoms with van der Waals surface area (Å²) in [5.74, 6) is -0.429. The Bertz CT molecular complexity index is 498. The molecular formula is C13H19N3O3. The van der Waals surface area contributed by atoms with E-state index in [-0.39, 0.29) is 12.3 Å². The molecule has 19 heavy (non-hydrogen) atoms. The number of hydrogen-bond donors (Lipinski definition) is 3. The van der Waals surface area contributed by atoms with Gasteiger partial charge in [0.15, 0.2) is 0 Å². The first kappa shape index (κ1) is 14.8. The van der Waals surface area contributed by atoms with E-state index >= 15 is 0 Å². The van der Waals surface area contributed by atoms with Crippen LogP contribution in [0.2, 0.25) is 0 Å². The van der Waals surface area contributed by atoms with Crippen LogP contribution in [-0.2, 0) is 4.79 Å². The van der Waals surface area contributed by atoms with Crippen LogP contribution in [0.5, 0.6) is 5.75 Å². The van der Waals surface area contributed by atoms with Crippen molar-refractivity contribution in [2.75, 3.05) is 12.8 Å². The van der Waals surface area contributed by atoms with E-state index < -0.39 is 11.4 Å². The molecule has 0 aliphatic rings. The maximum absolute atomic E-state index is 12.2. The number of nitrogens with one attached hydrogen (secondary N) is 1. The summed E-state index contributed by atoms with van der Waals surface area (Å²) in [5.41, 5.74) is 10.8. The molecule has 0 radical (unpaired) electrons. The highest BCUT2D eigenvalue weighted by atomic mass is 16.5. The zero-order chi connectivity index (χ0) is 14.6. The van der Waals surface area contributed by atoms with Crippen molar-refractivity contribution in [2.24, 2.45) is 5.73 Å². The molecule has 0 aromatic heterocycles. The first-order chi connectivity index (χ1) is 8.75. The van der Waals surface area contributed by atoms with Crippen molar-refractivity contribution in [3.63, 3.8) is 0 Å². The second-order valence-electron chi connectivity index (χ2n) is 4.94. The molecule has 0 saturated heterocycles. The Morgan fingerprint density at radius 1 is 1.37 bits per heavy atom. The molecule has 1 rings (SSSR count). The summed E-state index contributed by atoms with van der Waals surface area (Å²) in [7, 11) is 1.47. The van der Waals surface area contributed by atoms with Gasteiger partial charge in [-0.1, -0.05) is 0 Å². The number of nitrogen functional groups attached to an aromatic ring is 1. The average Bonchev–Trinajstić information content (AvgIpc) is 2.26. The van der Waals surface area contributed by atoms with Gasteiger partial charge < -0.3 is 21.5 Å². The molecule has 5 N–H and O–H groups in total. The van der Waals surface area contributed by atoms with Gasteiger partial charge in [-0.3, -0.25) is 9.59 Å². The van der Waals surface area contributed by atoms with E-state index in [4.69, 9.17) is 16.2 Å². The van der Waals surface area contributed by atoms with E-state index in [2.05, 4.69) is 5.32 Å². The summed E-state index contributed by atoms with van der Waals surface area (Å²) in [4.78, 5) is 23.1. The molecule has 1 aromatic carbocycles. The average molecular weight is 265 g/mol. The van der Waals surface area contributed by atoms with Crippen molar-refractivity contribution >= 4 is 17.5 Å². The minimum atomic E-state index is -0.738. The normalized spacial score (nSPS) is 10.9. The Morgan fingerprint density at radius 2 is 2.00 bits per heavy atom. The Balaban J connectivity index is 2.95. The Morgan fingerprint density at radius 3 is 2.53 bits per heavy atom. The predicted octanol–water partition coefficient (Wildman–Crippen LogP) is 0.661. The lowest BCUT2D eigenvalue weighted by molar-refractivity contribution is -0.119. The van der Waals surface area contributed by atoms with Gasteiger partial charge in [0.2, 0.25) is 5.91 Å². The number of benzene rings is 1. The highest BCUT2D eigenvalue weighted by Crippen LogP contribution is 2.22. The lowest BCUT2D eigenvalue weighted by atomic mass is 9.99. The number of methoxy groups -OCH3 is 1. The molecule has 0 fully saturated rings. The third-order valence-corrected chi connectivity index (χ3v) is 2.54. The number of ether oxygens (including phenoxy) is 1. The molecule has 0 saturated carbocycles. The summed E-state index contributed by atoms with van der Waals surface area (Å²) < 4.78 is 5.11. The van der Waals surface area contributed by atoms with Gasteiger partial charge in [0.05, 0.1) is 12.7 Å². The zero-order valence-corrected chi connectivity index (χ0v) is 11.3. The van der Waals surface area contributed by atoms with Crippen molar-refractivity contribution in [1.29, 1.82) is 0 Å². The van der Waals surface area contributed by atoms with E-state index in [1.165, 1.54) is 13.2 Å². The number of carbonyl (C=O) groups is 2. The molecule has 6 nitrogen and oxygen atoms in total. The van der Waals surface area contributed by atoms with Crippen LogP contribution in [0, 0.1) is 0 Å². The van der Waals surface area contributed by atoms with Crippen LogP contribution >= 0.6 is 0 Å². The van der Waals surface area contributed by atoms with Gasteiger partial charge in [-0.15, -0.1) is 0 Å². The van der Waals surface area contributed by atoms with Crippen LogP contribution in [0.25, 0.3) is 0 Å². The highest BCUT2D eigenvalue weighted by Gasteiger charge is 2.25. The van der Waals surface area contributed by atoms with Crippen LogP contribution in [0.4, 0.5) is 5.69 Å². The Hall–Kier alpha value is -2.24. The molecular weight excluding hydrogens is 246 g/mol. The van der Waals surface area contributed by atoms with Crippen LogP contribution < -0.4 is 21.5 Å². The number of nitrogens with two attached hydrogens (primary N) is 2. The second-order valence-corrected chi connectivity index (χ2v) is 4.94. The van der Waals surface area contributed by atoms with Crippen molar-refractivity contribution in [2.45, 2.75) is 25.8 Å². The van der Waals surface area contributed by atoms with Crippen LogP contribution in [0.15, 0.2) is 18.2 Å². The monoisotopic (exact) mass is 265 g/mol. The van der Waals surface area contributed by atoms with E-state index in [0.29, 0.717) is 17.0 Å². The molecule has 1 aromatic rings. The molecule has 2 amide bonds. The SMILES string of the molecule is COc1ccc(N)cc1C(=O)NC(C)(C)CC(N)=O. The summed E-state index contributed by atoms with van der Waals surface area (Å²) in [6.07, 6.45) is 0.0450. The van der Waals surface area contributed by atoms with Crippen LogP contribution in [0.3, 0.4) is 0 Å². The molecule has 0 atom stereocenters. The van der Waals surface area contributed by atoms with Gasteiger partial charge in [0.25, 0.3) is 5.91 Å². The zero-order valence-electron chi connectivity index (χ0n) is 11.3. The van der Waals surface area contributed by atoms with E-state index in [1.54, 1.807) is 26.0 Å². The van der Waals surface area contributed by atoms with E-state index in [9.17, 15) is 9.59 Å². The fourth-order valence-corrected chi connectivity index (χ4v) is 1.76. The molecule has 0 spiro atoms. The third-order valence-electron chi connectivity index (χ3n) is 2.54. The van der Waals surface area contributed by atoms with Gasteiger partial charge in [-0.25, -0.2) is 0 Å². The van der Waals surface area contributed by atoms with Crippen molar-refractivity contribution in [1.82, 2.24) is 5.32 Å². The number of hydrogen-bond acceptors (Lipinski definition) is 4. The van der Waals surface area contributed by atoms with E-state index in [0.717, 1.165) is 0 Å². The van der Waals surface area contributed by atoms with Crippen LogP contribution in [-0.4, -0.2) is 24.5 Å². The summed E-state index contributed by atoms with van der Waals surface area (Å²) in [5, 5.41) is 2.73. The minimum Gasteiger partial charge on any atom is -0.496 e. The standard InChI is InChI=1S/C13H19N3O3/c1-13(2,7-11(15)17)16-12(18)9-6-8(14)4-5-10(9)19-3/h4-6H,7,14H2,1-3H3,(H2,15,17)(H,16,18). The first-order valence-electron chi connectivity index (χ1n) is 5.79. The quantitative estimate of drug-likeness (QED) is 0.680. The second kappa shape index (κ2) is 5.60. The van der Waals surface area contributed by atoms with Crippen molar-refractivity contribution in [3.05, 3.63) is 23.8 Å². The number of anilines is 1. The largest absolute Gasteiger partial charge is 0.496 e. The van der Waals surface area contributed by atoms with Gasteiger partial charge >= 0.3 is 0 Å². The fraction of sp³-hybridized carbons (Fsp3) is 0.385. The Labute approximate surface area is 112 Å². The fourth-order valence-electron chi connectivity index (χ4n) is 1.76. The highest BCUT2D eigenvalue weighted by molar-refractivity contribution is 5.98. The van der Waals surface area contributed by atoms with Gasteiger partial charge in [-0.05, 0) is 32.0 Å². The molecule has 0 bridgehead atoms. The van der Waals surface area contributed by atoms with Gasteiger partial charge in [0.1, 0.15) is 5.75 Å². The molecule has 6 heteroatoms. The lowest BCUT2D eigenvalue weighted by Crippen LogP contribution is -2.46. The molecule has 0 heterocycles. The molecule has 104 valence electrons. The van der Waals surface area contributed by atoms with Gasteiger partial charge in [-0.2, -0.15) is 0 Å². The summed E-state index contributed by atoms with van der Waals surface area (Å²) in [6.45, 7) is 3.43. The molecule has 0 aliphatic carbocycles. The lowest BCUT2D eigenvalue weighted by Gasteiger charge is -2.25. The molecule has 0 aliphatic heterocycles. The maximum atomic E-state index is 12.2. The van der Waals surface area contributed by atoms with Gasteiger partial charge in [0, 0.05) is 17.6 Å². The number of carbonyl (C=O) groups excluding carboxylic acids is 2. The topological polar surface area (TPSA) is 107 Å². The van der Waals surface area contributed by atoms with E-state index in [1.807, 2.05) is 0 Å². The molecule has 0 unspecified atom stereocenters. The predicted molar refractivity (Wildman–Crippen MR) is 72.8 cm³/mol. The number of rotatable bonds is 5. The smallest absolute Gasteiger partial charge is 0.255 e. The van der Waals surface area contributed by atoms with Crippen molar-refractivity contribution in [3.8, 4) is 5.75 Å². The Kier molecular flexibility index (Phi) is 4.37. The summed E-state index contributed by atoms with van der Waals surface area (Å²) in [6, 6.07) is 4.78. The minimum absolute atomic E-state index is 0.0450. The maximum Gasteiger partial charge on any atom is 0.255 e.